The number of aryl methyl sites for hydroxylation is 1. The van der Waals surface area contributed by atoms with Crippen LogP contribution in [0.15, 0.2) is 53.4 Å². The molecule has 1 unspecified atom stereocenters. The number of rotatable bonds is 6. The van der Waals surface area contributed by atoms with E-state index in [9.17, 15) is 21.6 Å². The minimum atomic E-state index is -3.77. The van der Waals surface area contributed by atoms with E-state index in [0.29, 0.717) is 30.6 Å². The quantitative estimate of drug-likeness (QED) is 0.697. The van der Waals surface area contributed by atoms with Crippen LogP contribution < -0.4 is 10.0 Å². The molecular formula is C20H25N3O5S2. The number of nitrogens with zero attached hydrogens (tertiary/aromatic N) is 1. The van der Waals surface area contributed by atoms with Crippen molar-refractivity contribution in [1.82, 2.24) is 9.62 Å². The van der Waals surface area contributed by atoms with Crippen molar-refractivity contribution in [3.63, 3.8) is 0 Å². The lowest BCUT2D eigenvalue weighted by Crippen LogP contribution is -2.49. The SMILES string of the molecule is Cc1ccc(NS(=O)(=O)c2ccc(C(=O)NC3CCCN(S(C)(=O)=O)C3)cc2)cc1. The first-order valence-electron chi connectivity index (χ1n) is 9.50. The second-order valence-electron chi connectivity index (χ2n) is 7.43. The molecule has 1 saturated heterocycles. The molecule has 3 rings (SSSR count). The van der Waals surface area contributed by atoms with Crippen LogP contribution in [0.5, 0.6) is 0 Å². The van der Waals surface area contributed by atoms with Crippen molar-refractivity contribution in [2.24, 2.45) is 0 Å². The van der Waals surface area contributed by atoms with Crippen molar-refractivity contribution < 1.29 is 21.6 Å². The molecule has 0 aliphatic carbocycles. The highest BCUT2D eigenvalue weighted by Gasteiger charge is 2.27. The number of piperidine rings is 1. The number of amides is 1. The Balaban J connectivity index is 1.66. The first-order valence-corrected chi connectivity index (χ1v) is 12.8. The summed E-state index contributed by atoms with van der Waals surface area (Å²) in [4.78, 5) is 12.6. The van der Waals surface area contributed by atoms with Gasteiger partial charge in [0.25, 0.3) is 15.9 Å². The van der Waals surface area contributed by atoms with E-state index in [1.54, 1.807) is 12.1 Å². The Morgan fingerprint density at radius 1 is 1.00 bits per heavy atom. The van der Waals surface area contributed by atoms with Gasteiger partial charge in [-0.05, 0) is 56.2 Å². The topological polar surface area (TPSA) is 113 Å². The van der Waals surface area contributed by atoms with E-state index in [1.807, 2.05) is 19.1 Å². The highest BCUT2D eigenvalue weighted by Crippen LogP contribution is 2.18. The lowest BCUT2D eigenvalue weighted by atomic mass is 10.1. The predicted octanol–water partition coefficient (Wildman–Crippen LogP) is 1.95. The third-order valence-corrected chi connectivity index (χ3v) is 7.59. The van der Waals surface area contributed by atoms with Crippen molar-refractivity contribution in [3.8, 4) is 0 Å². The van der Waals surface area contributed by atoms with E-state index in [0.717, 1.165) is 11.8 Å². The summed E-state index contributed by atoms with van der Waals surface area (Å²) in [6.45, 7) is 2.59. The molecule has 1 atom stereocenters. The summed E-state index contributed by atoms with van der Waals surface area (Å²) in [6.07, 6.45) is 2.51. The number of hydrogen-bond donors (Lipinski definition) is 2. The van der Waals surface area contributed by atoms with Crippen LogP contribution in [0.4, 0.5) is 5.69 Å². The number of benzene rings is 2. The maximum Gasteiger partial charge on any atom is 0.261 e. The minimum absolute atomic E-state index is 0.0422. The van der Waals surface area contributed by atoms with Gasteiger partial charge < -0.3 is 5.32 Å². The van der Waals surface area contributed by atoms with Crippen molar-refractivity contribution in [3.05, 3.63) is 59.7 Å². The zero-order chi connectivity index (χ0) is 21.9. The number of hydrogen-bond acceptors (Lipinski definition) is 5. The lowest BCUT2D eigenvalue weighted by Gasteiger charge is -2.31. The Morgan fingerprint density at radius 3 is 2.23 bits per heavy atom. The van der Waals surface area contributed by atoms with Crippen LogP contribution in [-0.2, 0) is 20.0 Å². The van der Waals surface area contributed by atoms with Crippen LogP contribution in [0.1, 0.15) is 28.8 Å². The number of anilines is 1. The fourth-order valence-electron chi connectivity index (χ4n) is 3.25. The van der Waals surface area contributed by atoms with Crippen molar-refractivity contribution in [2.45, 2.75) is 30.7 Å². The van der Waals surface area contributed by atoms with Gasteiger partial charge >= 0.3 is 0 Å². The molecule has 10 heteroatoms. The van der Waals surface area contributed by atoms with Crippen LogP contribution >= 0.6 is 0 Å². The zero-order valence-electron chi connectivity index (χ0n) is 16.8. The first kappa shape index (κ1) is 22.3. The average Bonchev–Trinajstić information content (AvgIpc) is 2.69. The summed E-state index contributed by atoms with van der Waals surface area (Å²) in [5.74, 6) is -0.370. The monoisotopic (exact) mass is 451 g/mol. The van der Waals surface area contributed by atoms with Gasteiger partial charge in [-0.2, -0.15) is 0 Å². The van der Waals surface area contributed by atoms with Gasteiger partial charge in [-0.15, -0.1) is 0 Å². The molecule has 1 aliphatic rings. The molecule has 1 fully saturated rings. The standard InChI is InChI=1S/C20H25N3O5S2/c1-15-5-9-17(10-6-15)22-30(27,28)19-11-7-16(8-12-19)20(24)21-18-4-3-13-23(14-18)29(2,25)26/h5-12,18,22H,3-4,13-14H2,1-2H3,(H,21,24). The molecule has 1 heterocycles. The molecular weight excluding hydrogens is 426 g/mol. The summed E-state index contributed by atoms with van der Waals surface area (Å²) in [6, 6.07) is 12.3. The maximum absolute atomic E-state index is 12.5. The minimum Gasteiger partial charge on any atom is -0.348 e. The molecule has 0 saturated carbocycles. The van der Waals surface area contributed by atoms with Crippen LogP contribution in [0.2, 0.25) is 0 Å². The van der Waals surface area contributed by atoms with E-state index in [-0.39, 0.29) is 23.4 Å². The van der Waals surface area contributed by atoms with Crippen LogP contribution in [0, 0.1) is 6.92 Å². The molecule has 1 aliphatic heterocycles. The Bertz CT molecular complexity index is 1110. The summed E-state index contributed by atoms with van der Waals surface area (Å²) >= 11 is 0. The lowest BCUT2D eigenvalue weighted by molar-refractivity contribution is 0.0921. The molecule has 162 valence electrons. The molecule has 0 bridgehead atoms. The van der Waals surface area contributed by atoms with Gasteiger partial charge in [0.15, 0.2) is 0 Å². The highest BCUT2D eigenvalue weighted by atomic mass is 32.2. The van der Waals surface area contributed by atoms with Crippen LogP contribution in [0.25, 0.3) is 0 Å². The fourth-order valence-corrected chi connectivity index (χ4v) is 5.22. The van der Waals surface area contributed by atoms with Crippen LogP contribution in [0.3, 0.4) is 0 Å². The van der Waals surface area contributed by atoms with Gasteiger partial charge in [-0.25, -0.2) is 21.1 Å². The average molecular weight is 452 g/mol. The van der Waals surface area contributed by atoms with E-state index in [1.165, 1.54) is 28.6 Å². The largest absolute Gasteiger partial charge is 0.348 e. The van der Waals surface area contributed by atoms with Gasteiger partial charge in [0.2, 0.25) is 10.0 Å². The Kier molecular flexibility index (Phi) is 6.49. The summed E-state index contributed by atoms with van der Waals surface area (Å²) in [7, 11) is -7.08. The van der Waals surface area contributed by atoms with Crippen molar-refractivity contribution >= 4 is 31.6 Å². The normalized spacial score (nSPS) is 18.0. The summed E-state index contributed by atoms with van der Waals surface area (Å²) in [5.41, 5.74) is 1.78. The molecule has 0 aromatic heterocycles. The molecule has 1 amide bonds. The van der Waals surface area contributed by atoms with Crippen molar-refractivity contribution in [2.75, 3.05) is 24.1 Å². The van der Waals surface area contributed by atoms with Crippen molar-refractivity contribution in [1.29, 1.82) is 0 Å². The highest BCUT2D eigenvalue weighted by molar-refractivity contribution is 7.92. The maximum atomic E-state index is 12.5. The third-order valence-electron chi connectivity index (χ3n) is 4.92. The Hall–Kier alpha value is -2.43. The molecule has 2 aromatic rings. The Morgan fingerprint density at radius 2 is 1.63 bits per heavy atom. The van der Waals surface area contributed by atoms with E-state index in [2.05, 4.69) is 10.0 Å². The molecule has 0 spiro atoms. The van der Waals surface area contributed by atoms with Gasteiger partial charge in [0.05, 0.1) is 11.2 Å². The molecule has 2 N–H and O–H groups in total. The van der Waals surface area contributed by atoms with Gasteiger partial charge in [-0.3, -0.25) is 9.52 Å². The third kappa shape index (κ3) is 5.59. The molecule has 2 aromatic carbocycles. The number of sulfonamides is 2. The van der Waals surface area contributed by atoms with Gasteiger partial charge in [0.1, 0.15) is 0 Å². The molecule has 0 radical (unpaired) electrons. The molecule has 30 heavy (non-hydrogen) atoms. The van der Waals surface area contributed by atoms with E-state index >= 15 is 0 Å². The second kappa shape index (κ2) is 8.75. The number of carbonyl (C=O) groups excluding carboxylic acids is 1. The van der Waals surface area contributed by atoms with E-state index in [4.69, 9.17) is 0 Å². The Labute approximate surface area is 177 Å². The first-order chi connectivity index (χ1) is 14.0. The number of nitrogens with one attached hydrogen (secondary N) is 2. The fraction of sp³-hybridized carbons (Fsp3) is 0.350. The summed E-state index contributed by atoms with van der Waals surface area (Å²) in [5, 5.41) is 2.83. The summed E-state index contributed by atoms with van der Waals surface area (Å²) < 4.78 is 52.4. The van der Waals surface area contributed by atoms with E-state index < -0.39 is 20.0 Å². The zero-order valence-corrected chi connectivity index (χ0v) is 18.5. The number of carbonyl (C=O) groups is 1. The smallest absolute Gasteiger partial charge is 0.261 e. The van der Waals surface area contributed by atoms with Gasteiger partial charge in [-0.1, -0.05) is 17.7 Å². The molecule has 8 nitrogen and oxygen atoms in total. The second-order valence-corrected chi connectivity index (χ2v) is 11.1. The predicted molar refractivity (Wildman–Crippen MR) is 115 cm³/mol. The van der Waals surface area contributed by atoms with Gasteiger partial charge in [0, 0.05) is 30.4 Å². The van der Waals surface area contributed by atoms with Crippen LogP contribution in [-0.4, -0.2) is 52.4 Å².